The third-order valence-corrected chi connectivity index (χ3v) is 3.54. The molecule has 0 bridgehead atoms. The maximum absolute atomic E-state index is 5.91. The van der Waals surface area contributed by atoms with Crippen LogP contribution in [0.25, 0.3) is 10.8 Å². The van der Waals surface area contributed by atoms with E-state index in [9.17, 15) is 0 Å². The highest BCUT2D eigenvalue weighted by Gasteiger charge is 2.17. The minimum atomic E-state index is 0.600. The van der Waals surface area contributed by atoms with Gasteiger partial charge in [-0.1, -0.05) is 24.3 Å². The summed E-state index contributed by atoms with van der Waals surface area (Å²) in [7, 11) is 2.15. The summed E-state index contributed by atoms with van der Waals surface area (Å²) in [5.74, 6) is 1.63. The molecule has 0 saturated carbocycles. The van der Waals surface area contributed by atoms with Gasteiger partial charge < -0.3 is 15.5 Å². The lowest BCUT2D eigenvalue weighted by atomic mass is 10.1. The highest BCUT2D eigenvalue weighted by molar-refractivity contribution is 5.94. The van der Waals surface area contributed by atoms with Crippen molar-refractivity contribution in [2.45, 2.75) is 0 Å². The molecule has 1 fully saturated rings. The second-order valence-electron chi connectivity index (χ2n) is 4.88. The van der Waals surface area contributed by atoms with Crippen molar-refractivity contribution in [2.24, 2.45) is 0 Å². The summed E-state index contributed by atoms with van der Waals surface area (Å²) in [4.78, 5) is 9.21. The first-order chi connectivity index (χ1) is 8.74. The number of fused-ring (bicyclic) bond motifs is 1. The Bertz CT molecular complexity index is 559. The zero-order valence-corrected chi connectivity index (χ0v) is 10.6. The van der Waals surface area contributed by atoms with Crippen molar-refractivity contribution in [3.05, 3.63) is 30.3 Å². The molecule has 1 aliphatic heterocycles. The summed E-state index contributed by atoms with van der Waals surface area (Å²) in [5.41, 5.74) is 5.91. The molecular formula is C14H18N4. The van der Waals surface area contributed by atoms with E-state index in [1.54, 1.807) is 0 Å². The molecule has 3 rings (SSSR count). The van der Waals surface area contributed by atoms with Crippen molar-refractivity contribution in [1.82, 2.24) is 9.88 Å². The number of nitrogens with two attached hydrogens (primary N) is 1. The first-order valence-corrected chi connectivity index (χ1v) is 6.33. The van der Waals surface area contributed by atoms with Gasteiger partial charge in [-0.3, -0.25) is 0 Å². The second-order valence-corrected chi connectivity index (χ2v) is 4.88. The number of hydrogen-bond donors (Lipinski definition) is 1. The van der Waals surface area contributed by atoms with E-state index in [-0.39, 0.29) is 0 Å². The smallest absolute Gasteiger partial charge is 0.138 e. The molecular weight excluding hydrogens is 224 g/mol. The maximum atomic E-state index is 5.91. The summed E-state index contributed by atoms with van der Waals surface area (Å²) in [6.07, 6.45) is 0. The lowest BCUT2D eigenvalue weighted by Crippen LogP contribution is -2.44. The number of nitrogens with zero attached hydrogens (tertiary/aromatic N) is 3. The normalized spacial score (nSPS) is 17.3. The molecule has 0 spiro atoms. The van der Waals surface area contributed by atoms with Crippen LogP contribution < -0.4 is 10.6 Å². The minimum Gasteiger partial charge on any atom is -0.384 e. The fourth-order valence-electron chi connectivity index (χ4n) is 2.46. The molecule has 1 aliphatic rings. The molecule has 94 valence electrons. The molecule has 4 nitrogen and oxygen atoms in total. The van der Waals surface area contributed by atoms with Crippen molar-refractivity contribution < 1.29 is 0 Å². The number of aromatic nitrogens is 1. The third kappa shape index (κ3) is 1.99. The molecule has 2 heterocycles. The Morgan fingerprint density at radius 1 is 1.11 bits per heavy atom. The standard InChI is InChI=1S/C14H18N4/c1-17-6-8-18(9-7-17)14-12-5-3-2-4-11(12)10-13(15)16-14/h2-5,10H,6-9H2,1H3,(H2,15,16). The molecule has 2 N–H and O–H groups in total. The van der Waals surface area contributed by atoms with Crippen LogP contribution in [-0.2, 0) is 0 Å². The van der Waals surface area contributed by atoms with Crippen molar-refractivity contribution >= 4 is 22.4 Å². The predicted octanol–water partition coefficient (Wildman–Crippen LogP) is 1.57. The summed E-state index contributed by atoms with van der Waals surface area (Å²) in [5, 5.41) is 2.36. The molecule has 1 saturated heterocycles. The lowest BCUT2D eigenvalue weighted by molar-refractivity contribution is 0.312. The number of benzene rings is 1. The molecule has 1 aromatic carbocycles. The highest BCUT2D eigenvalue weighted by atomic mass is 15.3. The Hall–Kier alpha value is -1.81. The Balaban J connectivity index is 2.05. The SMILES string of the molecule is CN1CCN(c2nc(N)cc3ccccc23)CC1. The van der Waals surface area contributed by atoms with E-state index in [4.69, 9.17) is 5.73 Å². The van der Waals surface area contributed by atoms with Crippen LogP contribution >= 0.6 is 0 Å². The fraction of sp³-hybridized carbons (Fsp3) is 0.357. The van der Waals surface area contributed by atoms with Gasteiger partial charge in [0.05, 0.1) is 0 Å². The monoisotopic (exact) mass is 242 g/mol. The van der Waals surface area contributed by atoms with E-state index >= 15 is 0 Å². The van der Waals surface area contributed by atoms with Gasteiger partial charge >= 0.3 is 0 Å². The number of likely N-dealkylation sites (N-methyl/N-ethyl adjacent to an activating group) is 1. The average molecular weight is 242 g/mol. The number of rotatable bonds is 1. The van der Waals surface area contributed by atoms with Gasteiger partial charge in [-0.25, -0.2) is 4.98 Å². The molecule has 0 radical (unpaired) electrons. The summed E-state index contributed by atoms with van der Waals surface area (Å²) >= 11 is 0. The maximum Gasteiger partial charge on any atom is 0.138 e. The lowest BCUT2D eigenvalue weighted by Gasteiger charge is -2.33. The van der Waals surface area contributed by atoms with Gasteiger partial charge in [0.2, 0.25) is 0 Å². The Morgan fingerprint density at radius 2 is 1.83 bits per heavy atom. The van der Waals surface area contributed by atoms with Gasteiger partial charge in [0.1, 0.15) is 11.6 Å². The van der Waals surface area contributed by atoms with Gasteiger partial charge in [-0.2, -0.15) is 0 Å². The number of hydrogen-bond acceptors (Lipinski definition) is 4. The Morgan fingerprint density at radius 3 is 2.61 bits per heavy atom. The zero-order chi connectivity index (χ0) is 12.5. The van der Waals surface area contributed by atoms with Gasteiger partial charge in [0, 0.05) is 31.6 Å². The quantitative estimate of drug-likeness (QED) is 0.824. The summed E-state index contributed by atoms with van der Waals surface area (Å²) in [6, 6.07) is 10.2. The summed E-state index contributed by atoms with van der Waals surface area (Å²) in [6.45, 7) is 4.17. The molecule has 1 aromatic heterocycles. The predicted molar refractivity (Wildman–Crippen MR) is 75.9 cm³/mol. The topological polar surface area (TPSA) is 45.4 Å². The van der Waals surface area contributed by atoms with Crippen molar-refractivity contribution in [3.8, 4) is 0 Å². The van der Waals surface area contributed by atoms with Crippen LogP contribution in [0.3, 0.4) is 0 Å². The van der Waals surface area contributed by atoms with Crippen LogP contribution in [0.2, 0.25) is 0 Å². The van der Waals surface area contributed by atoms with Crippen LogP contribution in [0.5, 0.6) is 0 Å². The molecule has 2 aromatic rings. The fourth-order valence-corrected chi connectivity index (χ4v) is 2.46. The zero-order valence-electron chi connectivity index (χ0n) is 10.6. The first kappa shape index (κ1) is 11.3. The molecule has 0 unspecified atom stereocenters. The number of piperazine rings is 1. The molecule has 4 heteroatoms. The van der Waals surface area contributed by atoms with E-state index in [1.165, 1.54) is 10.8 Å². The van der Waals surface area contributed by atoms with E-state index in [0.29, 0.717) is 5.82 Å². The minimum absolute atomic E-state index is 0.600. The molecule has 0 aliphatic carbocycles. The third-order valence-electron chi connectivity index (χ3n) is 3.54. The van der Waals surface area contributed by atoms with Gasteiger partial charge in [0.25, 0.3) is 0 Å². The van der Waals surface area contributed by atoms with Crippen LogP contribution in [0.1, 0.15) is 0 Å². The van der Waals surface area contributed by atoms with Gasteiger partial charge in [-0.15, -0.1) is 0 Å². The van der Waals surface area contributed by atoms with E-state index in [1.807, 2.05) is 12.1 Å². The Kier molecular flexibility index (Phi) is 2.80. The second kappa shape index (κ2) is 4.46. The molecule has 0 amide bonds. The average Bonchev–Trinajstić information content (AvgIpc) is 2.38. The van der Waals surface area contributed by atoms with Crippen molar-refractivity contribution in [2.75, 3.05) is 43.9 Å². The van der Waals surface area contributed by atoms with E-state index < -0.39 is 0 Å². The van der Waals surface area contributed by atoms with Gasteiger partial charge in [0.15, 0.2) is 0 Å². The Labute approximate surface area is 107 Å². The van der Waals surface area contributed by atoms with E-state index in [0.717, 1.165) is 32.0 Å². The van der Waals surface area contributed by atoms with Crippen molar-refractivity contribution in [3.63, 3.8) is 0 Å². The number of nitrogen functional groups attached to an aromatic ring is 1. The van der Waals surface area contributed by atoms with Crippen LogP contribution in [0.4, 0.5) is 11.6 Å². The number of anilines is 2. The molecule has 0 atom stereocenters. The largest absolute Gasteiger partial charge is 0.384 e. The number of pyridine rings is 1. The van der Waals surface area contributed by atoms with Crippen LogP contribution in [0, 0.1) is 0 Å². The van der Waals surface area contributed by atoms with Crippen LogP contribution in [-0.4, -0.2) is 43.1 Å². The van der Waals surface area contributed by atoms with Crippen LogP contribution in [0.15, 0.2) is 30.3 Å². The van der Waals surface area contributed by atoms with Gasteiger partial charge in [-0.05, 0) is 18.5 Å². The van der Waals surface area contributed by atoms with Crippen molar-refractivity contribution in [1.29, 1.82) is 0 Å². The summed E-state index contributed by atoms with van der Waals surface area (Å²) < 4.78 is 0. The molecule has 18 heavy (non-hydrogen) atoms. The van der Waals surface area contributed by atoms with E-state index in [2.05, 4.69) is 40.0 Å². The first-order valence-electron chi connectivity index (χ1n) is 6.33. The highest BCUT2D eigenvalue weighted by Crippen LogP contribution is 2.27.